The maximum Gasteiger partial charge on any atom is 0.0106 e. The van der Waals surface area contributed by atoms with E-state index in [0.29, 0.717) is 10.8 Å². The van der Waals surface area contributed by atoms with Crippen molar-refractivity contribution in [2.45, 2.75) is 54.4 Å². The van der Waals surface area contributed by atoms with Gasteiger partial charge in [-0.15, -0.1) is 0 Å². The van der Waals surface area contributed by atoms with Crippen LogP contribution in [0.25, 0.3) is 0 Å². The monoisotopic (exact) mass is 256 g/mol. The minimum Gasteiger partial charge on any atom is -0.305 e. The summed E-state index contributed by atoms with van der Waals surface area (Å²) in [4.78, 5) is 4.91. The summed E-state index contributed by atoms with van der Waals surface area (Å²) in [7, 11) is 4.48. The van der Waals surface area contributed by atoms with Gasteiger partial charge >= 0.3 is 0 Å². The van der Waals surface area contributed by atoms with Crippen LogP contribution in [0.3, 0.4) is 0 Å². The van der Waals surface area contributed by atoms with Crippen molar-refractivity contribution in [1.29, 1.82) is 0 Å². The quantitative estimate of drug-likeness (QED) is 0.685. The van der Waals surface area contributed by atoms with Crippen LogP contribution in [0.15, 0.2) is 0 Å². The molecule has 0 saturated carbocycles. The summed E-state index contributed by atoms with van der Waals surface area (Å²) in [6.45, 7) is 18.7. The molecule has 0 aliphatic rings. The predicted molar refractivity (Wildman–Crippen MR) is 83.1 cm³/mol. The fourth-order valence-corrected chi connectivity index (χ4v) is 1.62. The second-order valence-electron chi connectivity index (χ2n) is 8.23. The van der Waals surface area contributed by atoms with Crippen LogP contribution in [0.4, 0.5) is 0 Å². The van der Waals surface area contributed by atoms with Gasteiger partial charge in [-0.25, -0.2) is 0 Å². The summed E-state index contributed by atoms with van der Waals surface area (Å²) in [5.74, 6) is 0. The number of hydrogen-bond acceptors (Lipinski definition) is 2. The zero-order chi connectivity index (χ0) is 14.4. The van der Waals surface area contributed by atoms with E-state index in [1.807, 2.05) is 0 Å². The van der Waals surface area contributed by atoms with Crippen LogP contribution >= 0.6 is 0 Å². The average molecular weight is 256 g/mol. The van der Waals surface area contributed by atoms with E-state index in [1.54, 1.807) is 0 Å². The van der Waals surface area contributed by atoms with E-state index in [9.17, 15) is 0 Å². The summed E-state index contributed by atoms with van der Waals surface area (Å²) >= 11 is 0. The fraction of sp³-hybridized carbons (Fsp3) is 1.00. The molecule has 0 aliphatic heterocycles. The van der Waals surface area contributed by atoms with Crippen molar-refractivity contribution in [1.82, 2.24) is 9.80 Å². The Bertz CT molecular complexity index is 186. The first kappa shape index (κ1) is 17.9. The average Bonchev–Trinajstić information content (AvgIpc) is 2.18. The highest BCUT2D eigenvalue weighted by atomic mass is 15.2. The summed E-state index contributed by atoms with van der Waals surface area (Å²) in [5.41, 5.74) is 0.902. The van der Waals surface area contributed by atoms with E-state index < -0.39 is 0 Å². The zero-order valence-electron chi connectivity index (χ0n) is 14.1. The van der Waals surface area contributed by atoms with E-state index in [1.165, 1.54) is 39.0 Å². The third-order valence-corrected chi connectivity index (χ3v) is 3.35. The van der Waals surface area contributed by atoms with Crippen LogP contribution in [-0.4, -0.2) is 50.1 Å². The van der Waals surface area contributed by atoms with Crippen molar-refractivity contribution in [2.75, 3.05) is 40.3 Å². The lowest BCUT2D eigenvalue weighted by Gasteiger charge is -2.27. The minimum atomic E-state index is 0.451. The van der Waals surface area contributed by atoms with Gasteiger partial charge in [0.25, 0.3) is 0 Å². The molecule has 0 aromatic rings. The van der Waals surface area contributed by atoms with Crippen molar-refractivity contribution in [3.05, 3.63) is 0 Å². The standard InChI is InChI=1S/C16H36N2/c1-15(2,3)9-11-17(7)13-14-18(8)12-10-16(4,5)6/h9-14H2,1-8H3. The lowest BCUT2D eigenvalue weighted by atomic mass is 9.92. The minimum absolute atomic E-state index is 0.451. The van der Waals surface area contributed by atoms with Gasteiger partial charge in [0, 0.05) is 13.1 Å². The molecular weight excluding hydrogens is 220 g/mol. The zero-order valence-corrected chi connectivity index (χ0v) is 14.1. The van der Waals surface area contributed by atoms with E-state index in [4.69, 9.17) is 0 Å². The van der Waals surface area contributed by atoms with Crippen LogP contribution in [-0.2, 0) is 0 Å². The second-order valence-corrected chi connectivity index (χ2v) is 8.23. The van der Waals surface area contributed by atoms with Crippen LogP contribution in [0.2, 0.25) is 0 Å². The predicted octanol–water partition coefficient (Wildman–Crippen LogP) is 3.72. The van der Waals surface area contributed by atoms with E-state index in [2.05, 4.69) is 65.4 Å². The molecule has 0 bridgehead atoms. The van der Waals surface area contributed by atoms with Crippen LogP contribution in [0.1, 0.15) is 54.4 Å². The Hall–Kier alpha value is -0.0800. The van der Waals surface area contributed by atoms with Gasteiger partial charge in [0.05, 0.1) is 0 Å². The third kappa shape index (κ3) is 12.4. The second kappa shape index (κ2) is 7.49. The van der Waals surface area contributed by atoms with Gasteiger partial charge in [-0.05, 0) is 50.9 Å². The highest BCUT2D eigenvalue weighted by Gasteiger charge is 2.13. The first-order valence-corrected chi connectivity index (χ1v) is 7.37. The molecule has 0 atom stereocenters. The van der Waals surface area contributed by atoms with Crippen molar-refractivity contribution < 1.29 is 0 Å². The summed E-state index contributed by atoms with van der Waals surface area (Å²) in [6.07, 6.45) is 2.55. The number of rotatable bonds is 7. The molecule has 0 spiro atoms. The Morgan fingerprint density at radius 2 is 0.833 bits per heavy atom. The molecule has 0 aromatic heterocycles. The fourth-order valence-electron chi connectivity index (χ4n) is 1.62. The highest BCUT2D eigenvalue weighted by molar-refractivity contribution is 4.67. The first-order valence-electron chi connectivity index (χ1n) is 7.37. The van der Waals surface area contributed by atoms with Gasteiger partial charge in [0.2, 0.25) is 0 Å². The van der Waals surface area contributed by atoms with Gasteiger partial charge in [0.1, 0.15) is 0 Å². The van der Waals surface area contributed by atoms with Crippen molar-refractivity contribution in [2.24, 2.45) is 10.8 Å². The molecule has 0 unspecified atom stereocenters. The molecule has 0 N–H and O–H groups in total. The summed E-state index contributed by atoms with van der Waals surface area (Å²) in [5, 5.41) is 0. The molecule has 2 heteroatoms. The lowest BCUT2D eigenvalue weighted by Crippen LogP contribution is -2.33. The van der Waals surface area contributed by atoms with Gasteiger partial charge in [-0.3, -0.25) is 0 Å². The maximum atomic E-state index is 2.46. The van der Waals surface area contributed by atoms with Crippen molar-refractivity contribution >= 4 is 0 Å². The van der Waals surface area contributed by atoms with Crippen LogP contribution < -0.4 is 0 Å². The molecule has 110 valence electrons. The maximum absolute atomic E-state index is 2.46. The first-order chi connectivity index (χ1) is 7.99. The smallest absolute Gasteiger partial charge is 0.0106 e. The number of likely N-dealkylation sites (N-methyl/N-ethyl adjacent to an activating group) is 2. The van der Waals surface area contributed by atoms with Crippen LogP contribution in [0, 0.1) is 10.8 Å². The molecule has 18 heavy (non-hydrogen) atoms. The highest BCUT2D eigenvalue weighted by Crippen LogP contribution is 2.19. The van der Waals surface area contributed by atoms with E-state index in [-0.39, 0.29) is 0 Å². The SMILES string of the molecule is CN(CCN(C)CCC(C)(C)C)CCC(C)(C)C. The molecule has 0 saturated heterocycles. The Morgan fingerprint density at radius 3 is 1.06 bits per heavy atom. The molecule has 0 aromatic carbocycles. The van der Waals surface area contributed by atoms with Gasteiger partial charge in [-0.2, -0.15) is 0 Å². The molecule has 0 rings (SSSR count). The Balaban J connectivity index is 3.68. The van der Waals surface area contributed by atoms with Crippen LogP contribution in [0.5, 0.6) is 0 Å². The molecular formula is C16H36N2. The summed E-state index contributed by atoms with van der Waals surface area (Å²) < 4.78 is 0. The van der Waals surface area contributed by atoms with Gasteiger partial charge < -0.3 is 9.80 Å². The Kier molecular flexibility index (Phi) is 7.46. The largest absolute Gasteiger partial charge is 0.305 e. The Labute approximate surface area is 116 Å². The van der Waals surface area contributed by atoms with Gasteiger partial charge in [0.15, 0.2) is 0 Å². The van der Waals surface area contributed by atoms with Crippen molar-refractivity contribution in [3.63, 3.8) is 0 Å². The van der Waals surface area contributed by atoms with Gasteiger partial charge in [-0.1, -0.05) is 41.5 Å². The molecule has 0 heterocycles. The van der Waals surface area contributed by atoms with E-state index >= 15 is 0 Å². The topological polar surface area (TPSA) is 6.48 Å². The van der Waals surface area contributed by atoms with Crippen molar-refractivity contribution in [3.8, 4) is 0 Å². The lowest BCUT2D eigenvalue weighted by molar-refractivity contribution is 0.212. The third-order valence-electron chi connectivity index (χ3n) is 3.35. The molecule has 2 nitrogen and oxygen atoms in total. The Morgan fingerprint density at radius 1 is 0.556 bits per heavy atom. The van der Waals surface area contributed by atoms with E-state index in [0.717, 1.165) is 0 Å². The number of nitrogens with zero attached hydrogens (tertiary/aromatic N) is 2. The molecule has 0 radical (unpaired) electrons. The molecule has 0 fully saturated rings. The molecule has 0 aliphatic carbocycles. The normalized spacial score (nSPS) is 13.7. The molecule has 0 amide bonds. The summed E-state index contributed by atoms with van der Waals surface area (Å²) in [6, 6.07) is 0. The number of hydrogen-bond donors (Lipinski definition) is 0.